The van der Waals surface area contributed by atoms with E-state index in [1.54, 1.807) is 34.9 Å². The standard InChI is InChI=1S/C23H16Cl2N10O3/c24-11-1-4-16(34-10-27-32-33-34)13(7-11)15-8-19(36)35-17(5-6-18(35)29-15)22-30-20(21(25)31-22)14-3-2-12(9-26-14)28-23(37)38/h1-4,7-10,17,28H,5-6H2,(H,30,31)(H,37,38)/t17-/m0/s1. The van der Waals surface area contributed by atoms with Crippen LogP contribution >= 0.6 is 23.2 Å². The molecular formula is C23H16Cl2N10O3. The Labute approximate surface area is 223 Å². The minimum atomic E-state index is -1.19. The molecule has 0 radical (unpaired) electrons. The number of halogens is 2. The number of aromatic amines is 1. The fraction of sp³-hybridized carbons (Fsp3) is 0.130. The number of pyridine rings is 1. The van der Waals surface area contributed by atoms with E-state index >= 15 is 0 Å². The largest absolute Gasteiger partial charge is 0.465 e. The van der Waals surface area contributed by atoms with E-state index in [0.29, 0.717) is 63.5 Å². The average molecular weight is 551 g/mol. The van der Waals surface area contributed by atoms with Crippen LogP contribution < -0.4 is 10.9 Å². The monoisotopic (exact) mass is 550 g/mol. The topological polar surface area (TPSA) is 169 Å². The number of aromatic nitrogens is 9. The van der Waals surface area contributed by atoms with Gasteiger partial charge in [-0.1, -0.05) is 23.2 Å². The predicted octanol–water partition coefficient (Wildman–Crippen LogP) is 3.60. The van der Waals surface area contributed by atoms with Gasteiger partial charge in [0, 0.05) is 23.1 Å². The van der Waals surface area contributed by atoms with Crippen molar-refractivity contribution in [1.82, 2.24) is 44.7 Å². The molecule has 5 heterocycles. The second-order valence-corrected chi connectivity index (χ2v) is 9.18. The smallest absolute Gasteiger partial charge is 0.409 e. The van der Waals surface area contributed by atoms with E-state index in [2.05, 4.69) is 35.8 Å². The van der Waals surface area contributed by atoms with Gasteiger partial charge < -0.3 is 10.1 Å². The van der Waals surface area contributed by atoms with Gasteiger partial charge in [0.05, 0.1) is 35.0 Å². The van der Waals surface area contributed by atoms with E-state index in [-0.39, 0.29) is 10.7 Å². The Balaban J connectivity index is 1.35. The summed E-state index contributed by atoms with van der Waals surface area (Å²) in [7, 11) is 0. The molecule has 0 saturated carbocycles. The third-order valence-corrected chi connectivity index (χ3v) is 6.58. The van der Waals surface area contributed by atoms with Crippen molar-refractivity contribution in [2.24, 2.45) is 0 Å². The van der Waals surface area contributed by atoms with Crippen molar-refractivity contribution in [3.05, 3.63) is 81.1 Å². The number of hydrogen-bond acceptors (Lipinski definition) is 8. The summed E-state index contributed by atoms with van der Waals surface area (Å²) < 4.78 is 3.07. The van der Waals surface area contributed by atoms with Crippen molar-refractivity contribution in [3.63, 3.8) is 0 Å². The number of tetrazole rings is 1. The first-order valence-corrected chi connectivity index (χ1v) is 12.0. The number of anilines is 1. The summed E-state index contributed by atoms with van der Waals surface area (Å²) >= 11 is 12.7. The number of hydrogen-bond donors (Lipinski definition) is 3. The van der Waals surface area contributed by atoms with Crippen LogP contribution in [0.2, 0.25) is 10.2 Å². The molecule has 0 saturated heterocycles. The maximum atomic E-state index is 13.4. The molecular weight excluding hydrogens is 535 g/mol. The molecule has 0 bridgehead atoms. The van der Waals surface area contributed by atoms with Gasteiger partial charge in [-0.15, -0.1) is 5.10 Å². The Hall–Kier alpha value is -4.62. The average Bonchev–Trinajstić information content (AvgIpc) is 3.64. The molecule has 5 aromatic rings. The Morgan fingerprint density at radius 1 is 1.13 bits per heavy atom. The van der Waals surface area contributed by atoms with Gasteiger partial charge in [0.2, 0.25) is 0 Å². The fourth-order valence-corrected chi connectivity index (χ4v) is 4.87. The molecule has 0 aliphatic carbocycles. The van der Waals surface area contributed by atoms with Crippen LogP contribution in [0.4, 0.5) is 10.5 Å². The highest BCUT2D eigenvalue weighted by molar-refractivity contribution is 6.32. The maximum Gasteiger partial charge on any atom is 0.409 e. The number of aryl methyl sites for hydroxylation is 1. The van der Waals surface area contributed by atoms with E-state index < -0.39 is 12.1 Å². The number of nitrogens with zero attached hydrogens (tertiary/aromatic N) is 8. The van der Waals surface area contributed by atoms with E-state index in [1.807, 2.05) is 0 Å². The Morgan fingerprint density at radius 3 is 2.74 bits per heavy atom. The number of carboxylic acid groups (broad SMARTS) is 1. The van der Waals surface area contributed by atoms with Crippen LogP contribution in [0.1, 0.15) is 24.1 Å². The zero-order valence-corrected chi connectivity index (χ0v) is 20.7. The van der Waals surface area contributed by atoms with Crippen molar-refractivity contribution >= 4 is 35.0 Å². The molecule has 15 heteroatoms. The lowest BCUT2D eigenvalue weighted by Gasteiger charge is -2.14. The second-order valence-electron chi connectivity index (χ2n) is 8.39. The predicted molar refractivity (Wildman–Crippen MR) is 137 cm³/mol. The Kier molecular flexibility index (Phi) is 5.85. The summed E-state index contributed by atoms with van der Waals surface area (Å²) in [5, 5.41) is 23.1. The number of benzene rings is 1. The molecule has 1 amide bonds. The summed E-state index contributed by atoms with van der Waals surface area (Å²) in [5.74, 6) is 1.09. The van der Waals surface area contributed by atoms with Crippen molar-refractivity contribution in [2.75, 3.05) is 5.32 Å². The molecule has 38 heavy (non-hydrogen) atoms. The highest BCUT2D eigenvalue weighted by atomic mass is 35.5. The SMILES string of the molecule is O=C(O)Nc1ccc(-c2[nH]c([C@@H]3CCc4nc(-c5cc(Cl)ccc5-n5cnnn5)cc(=O)n43)nc2Cl)nc1. The minimum Gasteiger partial charge on any atom is -0.465 e. The van der Waals surface area contributed by atoms with Gasteiger partial charge in [-0.3, -0.25) is 19.7 Å². The molecule has 0 fully saturated rings. The summed E-state index contributed by atoms with van der Waals surface area (Å²) in [6.07, 6.45) is 2.76. The van der Waals surface area contributed by atoms with E-state index in [9.17, 15) is 9.59 Å². The Bertz CT molecular complexity index is 1730. The van der Waals surface area contributed by atoms with Crippen LogP contribution in [0.15, 0.2) is 53.7 Å². The first kappa shape index (κ1) is 23.8. The summed E-state index contributed by atoms with van der Waals surface area (Å²) in [6, 6.07) is 9.40. The van der Waals surface area contributed by atoms with Crippen LogP contribution in [0.25, 0.3) is 28.3 Å². The number of H-pyrrole nitrogens is 1. The van der Waals surface area contributed by atoms with E-state index in [4.69, 9.17) is 33.3 Å². The molecule has 1 aliphatic rings. The van der Waals surface area contributed by atoms with E-state index in [1.165, 1.54) is 23.3 Å². The number of imidazole rings is 1. The lowest BCUT2D eigenvalue weighted by molar-refractivity contribution is 0.209. The third-order valence-electron chi connectivity index (χ3n) is 6.07. The van der Waals surface area contributed by atoms with Crippen LogP contribution in [-0.4, -0.2) is 55.9 Å². The van der Waals surface area contributed by atoms with Crippen LogP contribution in [-0.2, 0) is 6.42 Å². The number of fused-ring (bicyclic) bond motifs is 1. The Morgan fingerprint density at radius 2 is 2.00 bits per heavy atom. The maximum absolute atomic E-state index is 13.4. The lowest BCUT2D eigenvalue weighted by atomic mass is 10.1. The molecule has 1 aromatic carbocycles. The van der Waals surface area contributed by atoms with Crippen LogP contribution in [0, 0.1) is 0 Å². The molecule has 13 nitrogen and oxygen atoms in total. The molecule has 190 valence electrons. The van der Waals surface area contributed by atoms with Crippen LogP contribution in [0.3, 0.4) is 0 Å². The normalized spacial score (nSPS) is 14.4. The molecule has 0 unspecified atom stereocenters. The van der Waals surface area contributed by atoms with Gasteiger partial charge in [0.15, 0.2) is 5.15 Å². The number of nitrogens with one attached hydrogen (secondary N) is 2. The summed E-state index contributed by atoms with van der Waals surface area (Å²) in [5.41, 5.74) is 2.69. The van der Waals surface area contributed by atoms with Gasteiger partial charge in [0.25, 0.3) is 5.56 Å². The number of rotatable bonds is 5. The quantitative estimate of drug-likeness (QED) is 0.295. The molecule has 6 rings (SSSR count). The molecule has 4 aromatic heterocycles. The first-order valence-electron chi connectivity index (χ1n) is 11.2. The third kappa shape index (κ3) is 4.27. The first-order chi connectivity index (χ1) is 18.4. The fourth-order valence-electron chi connectivity index (χ4n) is 4.46. The van der Waals surface area contributed by atoms with E-state index in [0.717, 1.165) is 0 Å². The summed E-state index contributed by atoms with van der Waals surface area (Å²) in [6.45, 7) is 0. The number of carbonyl (C=O) groups is 1. The second kappa shape index (κ2) is 9.36. The highest BCUT2D eigenvalue weighted by Crippen LogP contribution is 2.34. The molecule has 1 aliphatic heterocycles. The van der Waals surface area contributed by atoms with Crippen molar-refractivity contribution in [3.8, 4) is 28.3 Å². The van der Waals surface area contributed by atoms with Crippen molar-refractivity contribution < 1.29 is 9.90 Å². The van der Waals surface area contributed by atoms with Gasteiger partial charge in [0.1, 0.15) is 23.7 Å². The lowest BCUT2D eigenvalue weighted by Crippen LogP contribution is -2.25. The van der Waals surface area contributed by atoms with Gasteiger partial charge in [-0.25, -0.2) is 14.8 Å². The zero-order chi connectivity index (χ0) is 26.4. The van der Waals surface area contributed by atoms with Crippen LogP contribution in [0.5, 0.6) is 0 Å². The highest BCUT2D eigenvalue weighted by Gasteiger charge is 2.30. The number of amides is 1. The minimum absolute atomic E-state index is 0.183. The molecule has 3 N–H and O–H groups in total. The zero-order valence-electron chi connectivity index (χ0n) is 19.2. The van der Waals surface area contributed by atoms with Crippen molar-refractivity contribution in [2.45, 2.75) is 18.9 Å². The summed E-state index contributed by atoms with van der Waals surface area (Å²) in [4.78, 5) is 40.8. The molecule has 1 atom stereocenters. The van der Waals surface area contributed by atoms with Gasteiger partial charge in [-0.2, -0.15) is 4.68 Å². The molecule has 0 spiro atoms. The van der Waals surface area contributed by atoms with Gasteiger partial charge in [-0.05, 0) is 47.2 Å². The van der Waals surface area contributed by atoms with Gasteiger partial charge >= 0.3 is 6.09 Å². The van der Waals surface area contributed by atoms with Crippen molar-refractivity contribution in [1.29, 1.82) is 0 Å².